The van der Waals surface area contributed by atoms with Crippen LogP contribution in [-0.2, 0) is 0 Å². The van der Waals surface area contributed by atoms with Crippen molar-refractivity contribution < 1.29 is 4.39 Å². The molecule has 0 aromatic heterocycles. The Hall–Kier alpha value is -0.890. The smallest absolute Gasteiger partial charge is 0.126 e. The first-order valence-electron chi connectivity index (χ1n) is 5.27. The van der Waals surface area contributed by atoms with Crippen molar-refractivity contribution in [3.8, 4) is 0 Å². The fraction of sp³-hybridized carbons (Fsp3) is 0.500. The van der Waals surface area contributed by atoms with E-state index in [1.54, 1.807) is 6.07 Å². The van der Waals surface area contributed by atoms with E-state index in [4.69, 9.17) is 0 Å². The molecule has 76 valence electrons. The molecule has 1 aliphatic heterocycles. The highest BCUT2D eigenvalue weighted by molar-refractivity contribution is 5.30. The van der Waals surface area contributed by atoms with Gasteiger partial charge in [-0.3, -0.25) is 0 Å². The Morgan fingerprint density at radius 2 is 2.21 bits per heavy atom. The molecule has 0 radical (unpaired) electrons. The lowest BCUT2D eigenvalue weighted by Gasteiger charge is -2.25. The highest BCUT2D eigenvalue weighted by atomic mass is 19.1. The molecule has 2 rings (SSSR count). The SMILES string of the molecule is Cc1c(F)cccc1[C@H]1CCCCN1. The van der Waals surface area contributed by atoms with E-state index in [-0.39, 0.29) is 5.82 Å². The molecule has 14 heavy (non-hydrogen) atoms. The number of halogens is 1. The first kappa shape index (κ1) is 9.66. The van der Waals surface area contributed by atoms with Gasteiger partial charge >= 0.3 is 0 Å². The van der Waals surface area contributed by atoms with Crippen molar-refractivity contribution in [3.63, 3.8) is 0 Å². The first-order chi connectivity index (χ1) is 6.79. The van der Waals surface area contributed by atoms with E-state index < -0.39 is 0 Å². The zero-order valence-electron chi connectivity index (χ0n) is 8.52. The minimum atomic E-state index is -0.0881. The zero-order chi connectivity index (χ0) is 9.97. The Bertz CT molecular complexity index is 316. The lowest BCUT2D eigenvalue weighted by atomic mass is 9.94. The number of hydrogen-bond donors (Lipinski definition) is 1. The molecular formula is C12H16FN. The molecule has 0 unspecified atom stereocenters. The normalized spacial score (nSPS) is 22.3. The maximum atomic E-state index is 13.3. The van der Waals surface area contributed by atoms with E-state index in [0.717, 1.165) is 24.1 Å². The van der Waals surface area contributed by atoms with Crippen molar-refractivity contribution in [2.75, 3.05) is 6.54 Å². The maximum Gasteiger partial charge on any atom is 0.126 e. The average Bonchev–Trinajstić information content (AvgIpc) is 2.23. The zero-order valence-corrected chi connectivity index (χ0v) is 8.52. The monoisotopic (exact) mass is 193 g/mol. The third-order valence-corrected chi connectivity index (χ3v) is 3.00. The number of benzene rings is 1. The molecule has 1 atom stereocenters. The van der Waals surface area contributed by atoms with Gasteiger partial charge in [-0.05, 0) is 43.5 Å². The highest BCUT2D eigenvalue weighted by Gasteiger charge is 2.17. The van der Waals surface area contributed by atoms with Gasteiger partial charge in [-0.1, -0.05) is 18.6 Å². The van der Waals surface area contributed by atoms with Gasteiger partial charge in [0.25, 0.3) is 0 Å². The van der Waals surface area contributed by atoms with Crippen molar-refractivity contribution >= 4 is 0 Å². The Labute approximate surface area is 84.3 Å². The Kier molecular flexibility index (Phi) is 2.82. The van der Waals surface area contributed by atoms with Crippen LogP contribution in [0.3, 0.4) is 0 Å². The van der Waals surface area contributed by atoms with Crippen LogP contribution in [0.2, 0.25) is 0 Å². The number of hydrogen-bond acceptors (Lipinski definition) is 1. The van der Waals surface area contributed by atoms with Gasteiger partial charge in [0.15, 0.2) is 0 Å². The molecule has 2 heteroatoms. The minimum Gasteiger partial charge on any atom is -0.310 e. The summed E-state index contributed by atoms with van der Waals surface area (Å²) in [6, 6.07) is 5.72. The van der Waals surface area contributed by atoms with E-state index in [1.165, 1.54) is 18.9 Å². The molecule has 1 saturated heterocycles. The number of nitrogens with one attached hydrogen (secondary N) is 1. The molecule has 0 bridgehead atoms. The average molecular weight is 193 g/mol. The van der Waals surface area contributed by atoms with Crippen LogP contribution in [0.25, 0.3) is 0 Å². The summed E-state index contributed by atoms with van der Waals surface area (Å²) < 4.78 is 13.3. The third-order valence-electron chi connectivity index (χ3n) is 3.00. The van der Waals surface area contributed by atoms with Gasteiger partial charge in [-0.15, -0.1) is 0 Å². The lowest BCUT2D eigenvalue weighted by Crippen LogP contribution is -2.27. The summed E-state index contributed by atoms with van der Waals surface area (Å²) in [6.07, 6.45) is 3.61. The van der Waals surface area contributed by atoms with Crippen molar-refractivity contribution in [1.82, 2.24) is 5.32 Å². The van der Waals surface area contributed by atoms with E-state index in [9.17, 15) is 4.39 Å². The predicted molar refractivity (Wildman–Crippen MR) is 55.7 cm³/mol. The fourth-order valence-electron chi connectivity index (χ4n) is 2.12. The van der Waals surface area contributed by atoms with E-state index in [0.29, 0.717) is 6.04 Å². The van der Waals surface area contributed by atoms with Crippen LogP contribution in [0, 0.1) is 12.7 Å². The van der Waals surface area contributed by atoms with Crippen molar-refractivity contribution in [2.24, 2.45) is 0 Å². The van der Waals surface area contributed by atoms with Gasteiger partial charge in [0.1, 0.15) is 5.82 Å². The summed E-state index contributed by atoms with van der Waals surface area (Å²) in [5.41, 5.74) is 1.93. The molecule has 1 fully saturated rings. The van der Waals surface area contributed by atoms with Crippen molar-refractivity contribution in [2.45, 2.75) is 32.2 Å². The van der Waals surface area contributed by atoms with Crippen LogP contribution >= 0.6 is 0 Å². The summed E-state index contributed by atoms with van der Waals surface area (Å²) >= 11 is 0. The number of rotatable bonds is 1. The molecule has 1 N–H and O–H groups in total. The molecule has 0 aliphatic carbocycles. The van der Waals surface area contributed by atoms with Crippen LogP contribution in [0.15, 0.2) is 18.2 Å². The highest BCUT2D eigenvalue weighted by Crippen LogP contribution is 2.26. The van der Waals surface area contributed by atoms with Crippen LogP contribution in [-0.4, -0.2) is 6.54 Å². The maximum absolute atomic E-state index is 13.3. The molecule has 0 amide bonds. The van der Waals surface area contributed by atoms with Gasteiger partial charge in [0.2, 0.25) is 0 Å². The van der Waals surface area contributed by atoms with Gasteiger partial charge in [-0.2, -0.15) is 0 Å². The Morgan fingerprint density at radius 1 is 1.36 bits per heavy atom. The van der Waals surface area contributed by atoms with E-state index in [1.807, 2.05) is 13.0 Å². The predicted octanol–water partition coefficient (Wildman–Crippen LogP) is 2.95. The van der Waals surface area contributed by atoms with Crippen molar-refractivity contribution in [3.05, 3.63) is 35.1 Å². The first-order valence-corrected chi connectivity index (χ1v) is 5.27. The van der Waals surface area contributed by atoms with Crippen LogP contribution < -0.4 is 5.32 Å². The second kappa shape index (κ2) is 4.09. The molecule has 1 aromatic rings. The molecule has 1 nitrogen and oxygen atoms in total. The Balaban J connectivity index is 2.26. The topological polar surface area (TPSA) is 12.0 Å². The lowest BCUT2D eigenvalue weighted by molar-refractivity contribution is 0.409. The molecule has 1 heterocycles. The second-order valence-electron chi connectivity index (χ2n) is 3.96. The molecule has 0 spiro atoms. The quantitative estimate of drug-likeness (QED) is 0.723. The van der Waals surface area contributed by atoms with Crippen LogP contribution in [0.1, 0.15) is 36.4 Å². The summed E-state index contributed by atoms with van der Waals surface area (Å²) in [7, 11) is 0. The van der Waals surface area contributed by atoms with Crippen LogP contribution in [0.4, 0.5) is 4.39 Å². The third kappa shape index (κ3) is 1.80. The number of piperidine rings is 1. The van der Waals surface area contributed by atoms with Gasteiger partial charge in [0.05, 0.1) is 0 Å². The summed E-state index contributed by atoms with van der Waals surface area (Å²) in [4.78, 5) is 0. The van der Waals surface area contributed by atoms with E-state index in [2.05, 4.69) is 5.32 Å². The van der Waals surface area contributed by atoms with E-state index >= 15 is 0 Å². The van der Waals surface area contributed by atoms with Crippen LogP contribution in [0.5, 0.6) is 0 Å². The van der Waals surface area contributed by atoms with Crippen molar-refractivity contribution in [1.29, 1.82) is 0 Å². The minimum absolute atomic E-state index is 0.0881. The summed E-state index contributed by atoms with van der Waals surface area (Å²) in [5, 5.41) is 3.44. The molecule has 1 aromatic carbocycles. The summed E-state index contributed by atoms with van der Waals surface area (Å²) in [6.45, 7) is 2.92. The Morgan fingerprint density at radius 3 is 2.93 bits per heavy atom. The van der Waals surface area contributed by atoms with Gasteiger partial charge < -0.3 is 5.32 Å². The largest absolute Gasteiger partial charge is 0.310 e. The molecule has 0 saturated carbocycles. The van der Waals surface area contributed by atoms with Gasteiger partial charge in [0, 0.05) is 6.04 Å². The molecular weight excluding hydrogens is 177 g/mol. The second-order valence-corrected chi connectivity index (χ2v) is 3.96. The fourth-order valence-corrected chi connectivity index (χ4v) is 2.12. The standard InChI is InChI=1S/C12H16FN/c1-9-10(5-4-6-11(9)13)12-7-2-3-8-14-12/h4-6,12,14H,2-3,7-8H2,1H3/t12-/m1/s1. The summed E-state index contributed by atoms with van der Waals surface area (Å²) in [5.74, 6) is -0.0881. The van der Waals surface area contributed by atoms with Gasteiger partial charge in [-0.25, -0.2) is 4.39 Å². The molecule has 1 aliphatic rings.